The van der Waals surface area contributed by atoms with Crippen LogP contribution in [0.15, 0.2) is 60.7 Å². The number of carbonyl (C=O) groups is 4. The molecule has 0 heterocycles. The lowest BCUT2D eigenvalue weighted by molar-refractivity contribution is -0.128. The van der Waals surface area contributed by atoms with E-state index in [1.165, 1.54) is 4.90 Å². The van der Waals surface area contributed by atoms with Gasteiger partial charge in [-0.1, -0.05) is 62.4 Å². The van der Waals surface area contributed by atoms with Crippen molar-refractivity contribution in [2.75, 3.05) is 25.0 Å². The Morgan fingerprint density at radius 3 is 2.02 bits per heavy atom. The van der Waals surface area contributed by atoms with Crippen LogP contribution in [0.5, 0.6) is 0 Å². The molecule has 0 bridgehead atoms. The molecule has 6 N–H and O–H groups in total. The lowest BCUT2D eigenvalue weighted by Crippen LogP contribution is -2.58. The van der Waals surface area contributed by atoms with Crippen molar-refractivity contribution in [1.29, 1.82) is 0 Å². The van der Waals surface area contributed by atoms with Crippen LogP contribution in [0.1, 0.15) is 53.0 Å². The van der Waals surface area contributed by atoms with Crippen LogP contribution in [0.2, 0.25) is 0 Å². The molecule has 3 atom stereocenters. The molecule has 2 aromatic carbocycles. The number of nitrogens with one attached hydrogen (secondary N) is 3. The second-order valence-electron chi connectivity index (χ2n) is 12.2. The summed E-state index contributed by atoms with van der Waals surface area (Å²) in [6.45, 7) is 10.1. The van der Waals surface area contributed by atoms with Crippen LogP contribution in [0.3, 0.4) is 0 Å². The molecule has 0 radical (unpaired) electrons. The van der Waals surface area contributed by atoms with Crippen LogP contribution >= 0.6 is 0 Å². The molecule has 0 aliphatic heterocycles. The van der Waals surface area contributed by atoms with E-state index in [2.05, 4.69) is 29.8 Å². The van der Waals surface area contributed by atoms with Crippen molar-refractivity contribution in [3.05, 3.63) is 66.2 Å². The summed E-state index contributed by atoms with van der Waals surface area (Å²) >= 11 is 0. The van der Waals surface area contributed by atoms with Gasteiger partial charge in [0.2, 0.25) is 11.8 Å². The average Bonchev–Trinajstić information content (AvgIpc) is 2.93. The molecule has 2 rings (SSSR count). The maximum atomic E-state index is 13.5. The fourth-order valence-corrected chi connectivity index (χ4v) is 4.30. The van der Waals surface area contributed by atoms with Gasteiger partial charge in [-0.05, 0) is 57.2 Å². The molecule has 0 saturated heterocycles. The minimum absolute atomic E-state index is 0.0456. The second kappa shape index (κ2) is 16.5. The number of urea groups is 2. The Kier molecular flexibility index (Phi) is 13.5. The molecule has 0 spiro atoms. The first-order valence-corrected chi connectivity index (χ1v) is 14.6. The van der Waals surface area contributed by atoms with Gasteiger partial charge in [-0.15, -0.1) is 0 Å². The predicted octanol–water partition coefficient (Wildman–Crippen LogP) is 3.02. The number of aliphatic hydroxyl groups excluding tert-OH is 1. The maximum absolute atomic E-state index is 13.5. The van der Waals surface area contributed by atoms with E-state index in [9.17, 15) is 24.3 Å². The number of hydrogen-bond acceptors (Lipinski definition) is 5. The fourth-order valence-electron chi connectivity index (χ4n) is 4.30. The van der Waals surface area contributed by atoms with Crippen molar-refractivity contribution in [2.45, 2.75) is 77.6 Å². The third-order valence-electron chi connectivity index (χ3n) is 6.71. The quantitative estimate of drug-likeness (QED) is 0.227. The van der Waals surface area contributed by atoms with Crippen molar-refractivity contribution in [2.24, 2.45) is 11.7 Å². The van der Waals surface area contributed by atoms with E-state index in [0.717, 1.165) is 12.0 Å². The van der Waals surface area contributed by atoms with Gasteiger partial charge in [-0.3, -0.25) is 14.5 Å². The van der Waals surface area contributed by atoms with E-state index in [0.29, 0.717) is 18.2 Å². The number of nitrogens with zero attached hydrogens (tertiary/aromatic N) is 2. The number of carbonyl (C=O) groups excluding carboxylic acids is 4. The topological polar surface area (TPSA) is 157 Å². The normalized spacial score (nSPS) is 13.4. The number of amides is 6. The third-order valence-corrected chi connectivity index (χ3v) is 6.71. The van der Waals surface area contributed by atoms with Gasteiger partial charge in [-0.2, -0.15) is 0 Å². The van der Waals surface area contributed by atoms with Crippen molar-refractivity contribution in [3.8, 4) is 0 Å². The molecule has 0 aliphatic rings. The number of nitrogens with two attached hydrogens (primary N) is 1. The summed E-state index contributed by atoms with van der Waals surface area (Å²) in [4.78, 5) is 54.4. The minimum Gasteiger partial charge on any atom is -0.389 e. The molecule has 11 nitrogen and oxygen atoms in total. The molecule has 11 heteroatoms. The molecule has 0 aromatic heterocycles. The molecule has 2 aromatic rings. The van der Waals surface area contributed by atoms with Gasteiger partial charge < -0.3 is 31.7 Å². The zero-order valence-corrected chi connectivity index (χ0v) is 26.2. The number of para-hydroxylation sites is 1. The molecule has 6 amide bonds. The Bertz CT molecular complexity index is 1190. The van der Waals surface area contributed by atoms with E-state index >= 15 is 0 Å². The predicted molar refractivity (Wildman–Crippen MR) is 168 cm³/mol. The molecule has 2 unspecified atom stereocenters. The van der Waals surface area contributed by atoms with E-state index in [1.807, 2.05) is 57.2 Å². The van der Waals surface area contributed by atoms with E-state index in [1.54, 1.807) is 36.2 Å². The van der Waals surface area contributed by atoms with Gasteiger partial charge in [0.1, 0.15) is 6.04 Å². The van der Waals surface area contributed by atoms with Gasteiger partial charge in [0, 0.05) is 24.8 Å². The van der Waals surface area contributed by atoms with Crippen LogP contribution in [-0.2, 0) is 16.0 Å². The standard InChI is InChI=1S/C32H48N6O5/c1-22(2)17-18-38(31(43)36-32(3,4)5)21-27(39)25(19-23-13-9-7-10-14-23)34-29(41)26(20-28(33)40)35-30(42)37(6)24-15-11-8-12-16-24/h7-16,22,25-27,39H,17-21H2,1-6H3,(H2,33,40)(H,34,41)(H,35,42)(H,36,43)/t25-,26?,27?/m0/s1. The fraction of sp³-hybridized carbons (Fsp3) is 0.500. The summed E-state index contributed by atoms with van der Waals surface area (Å²) in [5, 5.41) is 19.8. The number of rotatable bonds is 14. The van der Waals surface area contributed by atoms with Crippen molar-refractivity contribution < 1.29 is 24.3 Å². The smallest absolute Gasteiger partial charge is 0.322 e. The number of anilines is 1. The minimum atomic E-state index is -1.29. The number of primary amides is 1. The van der Waals surface area contributed by atoms with Crippen LogP contribution in [-0.4, -0.2) is 77.7 Å². The van der Waals surface area contributed by atoms with E-state index < -0.39 is 48.0 Å². The highest BCUT2D eigenvalue weighted by molar-refractivity contribution is 5.96. The first-order chi connectivity index (χ1) is 20.2. The molecule has 0 fully saturated rings. The Morgan fingerprint density at radius 2 is 1.49 bits per heavy atom. The summed E-state index contributed by atoms with van der Waals surface area (Å²) < 4.78 is 0. The van der Waals surface area contributed by atoms with E-state index in [4.69, 9.17) is 5.73 Å². The summed E-state index contributed by atoms with van der Waals surface area (Å²) in [6, 6.07) is 15.1. The zero-order chi connectivity index (χ0) is 32.2. The Hall–Kier alpha value is -4.12. The second-order valence-corrected chi connectivity index (χ2v) is 12.2. The van der Waals surface area contributed by atoms with Crippen molar-refractivity contribution in [1.82, 2.24) is 20.9 Å². The molecule has 43 heavy (non-hydrogen) atoms. The van der Waals surface area contributed by atoms with Crippen molar-refractivity contribution >= 4 is 29.6 Å². The van der Waals surface area contributed by atoms with Crippen LogP contribution in [0.4, 0.5) is 15.3 Å². The highest BCUT2D eigenvalue weighted by atomic mass is 16.3. The van der Waals surface area contributed by atoms with Crippen molar-refractivity contribution in [3.63, 3.8) is 0 Å². The zero-order valence-electron chi connectivity index (χ0n) is 26.2. The highest BCUT2D eigenvalue weighted by Gasteiger charge is 2.31. The lowest BCUT2D eigenvalue weighted by Gasteiger charge is -2.33. The Balaban J connectivity index is 2.29. The third kappa shape index (κ3) is 12.7. The van der Waals surface area contributed by atoms with Gasteiger partial charge >= 0.3 is 12.1 Å². The summed E-state index contributed by atoms with van der Waals surface area (Å²) in [5.74, 6) is -1.13. The molecule has 236 valence electrons. The lowest BCUT2D eigenvalue weighted by atomic mass is 9.99. The monoisotopic (exact) mass is 596 g/mol. The number of benzene rings is 2. The SMILES string of the molecule is CC(C)CCN(CC(O)[C@H](Cc1ccccc1)NC(=O)C(CC(N)=O)NC(=O)N(C)c1ccccc1)C(=O)NC(C)(C)C. The number of aliphatic hydroxyl groups is 1. The first kappa shape index (κ1) is 35.1. The Morgan fingerprint density at radius 1 is 0.907 bits per heavy atom. The molecule has 0 saturated carbocycles. The Labute approximate surface area is 255 Å². The largest absolute Gasteiger partial charge is 0.389 e. The first-order valence-electron chi connectivity index (χ1n) is 14.6. The molecule has 0 aliphatic carbocycles. The van der Waals surface area contributed by atoms with Gasteiger partial charge in [0.05, 0.1) is 25.1 Å². The summed E-state index contributed by atoms with van der Waals surface area (Å²) in [5.41, 5.74) is 6.38. The summed E-state index contributed by atoms with van der Waals surface area (Å²) in [7, 11) is 1.54. The number of hydrogen-bond donors (Lipinski definition) is 5. The maximum Gasteiger partial charge on any atom is 0.322 e. The molecular weight excluding hydrogens is 548 g/mol. The van der Waals surface area contributed by atoms with Crippen LogP contribution < -0.4 is 26.6 Å². The van der Waals surface area contributed by atoms with Gasteiger partial charge in [0.15, 0.2) is 0 Å². The van der Waals surface area contributed by atoms with Gasteiger partial charge in [-0.25, -0.2) is 9.59 Å². The average molecular weight is 597 g/mol. The van der Waals surface area contributed by atoms with E-state index in [-0.39, 0.29) is 19.0 Å². The molecular formula is C32H48N6O5. The van der Waals surface area contributed by atoms with Crippen LogP contribution in [0, 0.1) is 5.92 Å². The van der Waals surface area contributed by atoms with Crippen LogP contribution in [0.25, 0.3) is 0 Å². The van der Waals surface area contributed by atoms with Gasteiger partial charge in [0.25, 0.3) is 0 Å². The summed E-state index contributed by atoms with van der Waals surface area (Å²) in [6.07, 6.45) is -0.642. The highest BCUT2D eigenvalue weighted by Crippen LogP contribution is 2.14.